The number of benzene rings is 1. The highest BCUT2D eigenvalue weighted by Gasteiger charge is 2.24. The summed E-state index contributed by atoms with van der Waals surface area (Å²) >= 11 is 0. The fourth-order valence-corrected chi connectivity index (χ4v) is 3.24. The van der Waals surface area contributed by atoms with E-state index in [9.17, 15) is 4.79 Å². The molecule has 3 rings (SSSR count). The summed E-state index contributed by atoms with van der Waals surface area (Å²) in [7, 11) is 1.73. The third kappa shape index (κ3) is 3.12. The number of hydrogen-bond donors (Lipinski definition) is 0. The van der Waals surface area contributed by atoms with E-state index in [4.69, 9.17) is 4.74 Å². The molecule has 1 fully saturated rings. The van der Waals surface area contributed by atoms with Gasteiger partial charge in [0.25, 0.3) is 5.91 Å². The van der Waals surface area contributed by atoms with Crippen LogP contribution in [0.2, 0.25) is 0 Å². The number of rotatable bonds is 3. The minimum absolute atomic E-state index is 0.0901. The van der Waals surface area contributed by atoms with Gasteiger partial charge >= 0.3 is 0 Å². The van der Waals surface area contributed by atoms with Crippen LogP contribution in [-0.2, 0) is 4.74 Å². The molecule has 1 unspecified atom stereocenters. The highest BCUT2D eigenvalue weighted by molar-refractivity contribution is 6.06. The van der Waals surface area contributed by atoms with Gasteiger partial charge in [-0.3, -0.25) is 9.78 Å². The molecule has 1 aliphatic heterocycles. The average molecular weight is 298 g/mol. The van der Waals surface area contributed by atoms with Crippen molar-refractivity contribution in [3.05, 3.63) is 42.2 Å². The number of pyridine rings is 1. The molecule has 0 spiro atoms. The highest BCUT2D eigenvalue weighted by atomic mass is 16.5. The van der Waals surface area contributed by atoms with Crippen LogP contribution in [0, 0.1) is 5.92 Å². The molecular formula is C18H22N2O2. The molecule has 22 heavy (non-hydrogen) atoms. The van der Waals surface area contributed by atoms with Crippen LogP contribution in [0.3, 0.4) is 0 Å². The smallest absolute Gasteiger partial charge is 0.256 e. The van der Waals surface area contributed by atoms with Gasteiger partial charge in [-0.2, -0.15) is 0 Å². The number of carbonyl (C=O) groups excluding carboxylic acids is 1. The summed E-state index contributed by atoms with van der Waals surface area (Å²) in [5.74, 6) is 0.520. The number of carbonyl (C=O) groups is 1. The van der Waals surface area contributed by atoms with Gasteiger partial charge < -0.3 is 9.64 Å². The van der Waals surface area contributed by atoms with Crippen molar-refractivity contribution in [1.82, 2.24) is 9.88 Å². The third-order valence-corrected chi connectivity index (χ3v) is 4.36. The van der Waals surface area contributed by atoms with Crippen LogP contribution >= 0.6 is 0 Å². The summed E-state index contributed by atoms with van der Waals surface area (Å²) < 4.78 is 5.29. The summed E-state index contributed by atoms with van der Waals surface area (Å²) in [5.41, 5.74) is 0.705. The van der Waals surface area contributed by atoms with Crippen LogP contribution in [0.15, 0.2) is 36.7 Å². The Morgan fingerprint density at radius 2 is 2.18 bits per heavy atom. The van der Waals surface area contributed by atoms with Gasteiger partial charge in [0.1, 0.15) is 0 Å². The average Bonchev–Trinajstić information content (AvgIpc) is 2.80. The SMILES string of the molecule is COCC1CCCCN(C(=O)c2cncc3ccccc23)C1. The molecule has 1 amide bonds. The number of ether oxygens (including phenoxy) is 1. The Hall–Kier alpha value is -1.94. The van der Waals surface area contributed by atoms with Crippen LogP contribution < -0.4 is 0 Å². The van der Waals surface area contributed by atoms with E-state index < -0.39 is 0 Å². The van der Waals surface area contributed by atoms with Gasteiger partial charge in [0.2, 0.25) is 0 Å². The zero-order valence-corrected chi connectivity index (χ0v) is 13.0. The van der Waals surface area contributed by atoms with Crippen LogP contribution in [-0.4, -0.2) is 42.6 Å². The third-order valence-electron chi connectivity index (χ3n) is 4.36. The van der Waals surface area contributed by atoms with Crippen molar-refractivity contribution in [3.8, 4) is 0 Å². The largest absolute Gasteiger partial charge is 0.384 e. The normalized spacial score (nSPS) is 19.1. The van der Waals surface area contributed by atoms with Crippen molar-refractivity contribution in [2.24, 2.45) is 5.92 Å². The lowest BCUT2D eigenvalue weighted by Crippen LogP contribution is -2.35. The predicted molar refractivity (Wildman–Crippen MR) is 86.9 cm³/mol. The molecule has 1 aromatic carbocycles. The number of fused-ring (bicyclic) bond motifs is 1. The topological polar surface area (TPSA) is 42.4 Å². The molecule has 1 aliphatic rings. The molecule has 0 saturated carbocycles. The molecule has 0 N–H and O–H groups in total. The second-order valence-corrected chi connectivity index (χ2v) is 5.98. The van der Waals surface area contributed by atoms with Crippen molar-refractivity contribution in [1.29, 1.82) is 0 Å². The molecule has 4 heteroatoms. The molecular weight excluding hydrogens is 276 g/mol. The van der Waals surface area contributed by atoms with Gasteiger partial charge in [-0.25, -0.2) is 0 Å². The maximum Gasteiger partial charge on any atom is 0.256 e. The fraction of sp³-hybridized carbons (Fsp3) is 0.444. The molecule has 4 nitrogen and oxygen atoms in total. The summed E-state index contributed by atoms with van der Waals surface area (Å²) in [4.78, 5) is 19.2. The van der Waals surface area contributed by atoms with E-state index in [0.29, 0.717) is 11.5 Å². The van der Waals surface area contributed by atoms with Crippen molar-refractivity contribution in [3.63, 3.8) is 0 Å². The first-order valence-corrected chi connectivity index (χ1v) is 7.90. The summed E-state index contributed by atoms with van der Waals surface area (Å²) in [6.07, 6.45) is 6.85. The summed E-state index contributed by atoms with van der Waals surface area (Å²) in [6.45, 7) is 2.32. The Balaban J connectivity index is 1.88. The number of methoxy groups -OCH3 is 1. The predicted octanol–water partition coefficient (Wildman–Crippen LogP) is 3.12. The van der Waals surface area contributed by atoms with Gasteiger partial charge in [-0.15, -0.1) is 0 Å². The minimum atomic E-state index is 0.0901. The van der Waals surface area contributed by atoms with E-state index >= 15 is 0 Å². The Kier molecular flexibility index (Phi) is 4.68. The Morgan fingerprint density at radius 3 is 3.05 bits per heavy atom. The zero-order valence-electron chi connectivity index (χ0n) is 13.0. The number of amides is 1. The monoisotopic (exact) mass is 298 g/mol. The van der Waals surface area contributed by atoms with Gasteiger partial charge in [0, 0.05) is 38.0 Å². The second-order valence-electron chi connectivity index (χ2n) is 5.98. The number of hydrogen-bond acceptors (Lipinski definition) is 3. The van der Waals surface area contributed by atoms with E-state index in [-0.39, 0.29) is 5.91 Å². The van der Waals surface area contributed by atoms with Crippen molar-refractivity contribution in [2.75, 3.05) is 26.8 Å². The Bertz CT molecular complexity index is 651. The highest BCUT2D eigenvalue weighted by Crippen LogP contribution is 2.22. The molecule has 1 saturated heterocycles. The second kappa shape index (κ2) is 6.88. The van der Waals surface area contributed by atoms with Gasteiger partial charge in [-0.05, 0) is 24.1 Å². The van der Waals surface area contributed by atoms with E-state index in [1.165, 1.54) is 0 Å². The Labute approximate surface area is 131 Å². The molecule has 116 valence electrons. The first-order chi connectivity index (χ1) is 10.8. The molecule has 0 bridgehead atoms. The van der Waals surface area contributed by atoms with Crippen LogP contribution in [0.25, 0.3) is 10.8 Å². The standard InChI is InChI=1S/C18H22N2O2/c1-22-13-14-6-4-5-9-20(12-14)18(21)17-11-19-10-15-7-2-3-8-16(15)17/h2-3,7-8,10-11,14H,4-6,9,12-13H2,1H3. The summed E-state index contributed by atoms with van der Waals surface area (Å²) in [6, 6.07) is 7.93. The molecule has 2 heterocycles. The molecule has 1 atom stereocenters. The quantitative estimate of drug-likeness (QED) is 0.874. The Morgan fingerprint density at radius 1 is 1.32 bits per heavy atom. The lowest BCUT2D eigenvalue weighted by Gasteiger charge is -2.24. The van der Waals surface area contributed by atoms with Gasteiger partial charge in [-0.1, -0.05) is 30.7 Å². The van der Waals surface area contributed by atoms with Crippen LogP contribution in [0.1, 0.15) is 29.6 Å². The molecule has 0 aliphatic carbocycles. The molecule has 2 aromatic rings. The lowest BCUT2D eigenvalue weighted by molar-refractivity contribution is 0.0698. The van der Waals surface area contributed by atoms with Gasteiger partial charge in [0.05, 0.1) is 12.2 Å². The first kappa shape index (κ1) is 15.0. The molecule has 1 aromatic heterocycles. The van der Waals surface area contributed by atoms with E-state index in [2.05, 4.69) is 4.98 Å². The van der Waals surface area contributed by atoms with Crippen molar-refractivity contribution >= 4 is 16.7 Å². The maximum atomic E-state index is 13.0. The number of likely N-dealkylation sites (tertiary alicyclic amines) is 1. The lowest BCUT2D eigenvalue weighted by atomic mass is 10.0. The van der Waals surface area contributed by atoms with E-state index in [0.717, 1.165) is 49.7 Å². The van der Waals surface area contributed by atoms with E-state index in [1.807, 2.05) is 35.4 Å². The zero-order chi connectivity index (χ0) is 15.4. The van der Waals surface area contributed by atoms with Crippen LogP contribution in [0.5, 0.6) is 0 Å². The minimum Gasteiger partial charge on any atom is -0.384 e. The summed E-state index contributed by atoms with van der Waals surface area (Å²) in [5, 5.41) is 1.99. The van der Waals surface area contributed by atoms with Gasteiger partial charge in [0.15, 0.2) is 0 Å². The number of nitrogens with zero attached hydrogens (tertiary/aromatic N) is 2. The fourth-order valence-electron chi connectivity index (χ4n) is 3.24. The number of aromatic nitrogens is 1. The molecule has 0 radical (unpaired) electrons. The first-order valence-electron chi connectivity index (χ1n) is 7.90. The van der Waals surface area contributed by atoms with Crippen LogP contribution in [0.4, 0.5) is 0 Å². The van der Waals surface area contributed by atoms with E-state index in [1.54, 1.807) is 13.3 Å². The van der Waals surface area contributed by atoms with Crippen molar-refractivity contribution < 1.29 is 9.53 Å². The van der Waals surface area contributed by atoms with Crippen molar-refractivity contribution in [2.45, 2.75) is 19.3 Å². The maximum absolute atomic E-state index is 13.0.